The molecule has 5 heteroatoms. The van der Waals surface area contributed by atoms with Crippen molar-refractivity contribution >= 4 is 12.6 Å². The topological polar surface area (TPSA) is 58.9 Å². The van der Waals surface area contributed by atoms with Crippen molar-refractivity contribution in [2.75, 3.05) is 13.2 Å². The molecule has 0 aliphatic heterocycles. The average Bonchev–Trinajstić information content (AvgIpc) is 2.55. The zero-order valence-electron chi connectivity index (χ0n) is 14.6. The van der Waals surface area contributed by atoms with Gasteiger partial charge in [-0.3, -0.25) is 0 Å². The first-order valence-electron chi connectivity index (χ1n) is 8.94. The van der Waals surface area contributed by atoms with Crippen molar-refractivity contribution in [3.05, 3.63) is 18.2 Å². The fourth-order valence-corrected chi connectivity index (χ4v) is 2.34. The Morgan fingerprint density at radius 1 is 0.783 bits per heavy atom. The minimum atomic E-state index is -1.49. The van der Waals surface area contributed by atoms with Gasteiger partial charge in [-0.15, -0.1) is 0 Å². The lowest BCUT2D eigenvalue weighted by Crippen LogP contribution is -2.29. The summed E-state index contributed by atoms with van der Waals surface area (Å²) in [7, 11) is -1.49. The van der Waals surface area contributed by atoms with Gasteiger partial charge in [-0.05, 0) is 30.4 Å². The summed E-state index contributed by atoms with van der Waals surface area (Å²) in [4.78, 5) is 0. The van der Waals surface area contributed by atoms with Crippen LogP contribution in [-0.4, -0.2) is 30.4 Å². The fraction of sp³-hybridized carbons (Fsp3) is 0.667. The van der Waals surface area contributed by atoms with E-state index >= 15 is 0 Å². The van der Waals surface area contributed by atoms with Gasteiger partial charge in [0, 0.05) is 0 Å². The van der Waals surface area contributed by atoms with Crippen LogP contribution in [-0.2, 0) is 0 Å². The highest BCUT2D eigenvalue weighted by molar-refractivity contribution is 6.58. The summed E-state index contributed by atoms with van der Waals surface area (Å²) < 4.78 is 11.6. The van der Waals surface area contributed by atoms with E-state index in [0.29, 0.717) is 30.2 Å². The molecule has 23 heavy (non-hydrogen) atoms. The summed E-state index contributed by atoms with van der Waals surface area (Å²) in [6.07, 6.45) is 9.15. The molecule has 0 bridgehead atoms. The Morgan fingerprint density at radius 2 is 1.35 bits per heavy atom. The molecule has 0 heterocycles. The van der Waals surface area contributed by atoms with E-state index in [0.717, 1.165) is 25.7 Å². The molecule has 130 valence electrons. The van der Waals surface area contributed by atoms with Crippen LogP contribution in [0, 0.1) is 0 Å². The van der Waals surface area contributed by atoms with Crippen molar-refractivity contribution in [1.82, 2.24) is 0 Å². The van der Waals surface area contributed by atoms with E-state index < -0.39 is 7.12 Å². The van der Waals surface area contributed by atoms with Crippen molar-refractivity contribution < 1.29 is 19.5 Å². The molecule has 0 unspecified atom stereocenters. The summed E-state index contributed by atoms with van der Waals surface area (Å²) in [5.41, 5.74) is 0.423. The lowest BCUT2D eigenvalue weighted by molar-refractivity contribution is 0.259. The average molecular weight is 322 g/mol. The highest BCUT2D eigenvalue weighted by Crippen LogP contribution is 2.26. The molecule has 0 radical (unpaired) electrons. The predicted octanol–water partition coefficient (Wildman–Crippen LogP) is 3.28. The van der Waals surface area contributed by atoms with E-state index in [9.17, 15) is 10.0 Å². The summed E-state index contributed by atoms with van der Waals surface area (Å²) in [5, 5.41) is 18.6. The second-order valence-electron chi connectivity index (χ2n) is 5.90. The highest BCUT2D eigenvalue weighted by atomic mass is 16.5. The first-order valence-corrected chi connectivity index (χ1v) is 8.94. The van der Waals surface area contributed by atoms with Crippen LogP contribution in [0.1, 0.15) is 65.2 Å². The second kappa shape index (κ2) is 12.3. The van der Waals surface area contributed by atoms with E-state index in [2.05, 4.69) is 13.8 Å². The Kier molecular flexibility index (Phi) is 10.6. The molecular weight excluding hydrogens is 291 g/mol. The minimum absolute atomic E-state index is 0.423. The molecule has 0 amide bonds. The van der Waals surface area contributed by atoms with Crippen molar-refractivity contribution in [2.45, 2.75) is 65.2 Å². The van der Waals surface area contributed by atoms with E-state index in [-0.39, 0.29) is 0 Å². The number of hydrogen-bond donors (Lipinski definition) is 2. The third kappa shape index (κ3) is 8.28. The maximum Gasteiger partial charge on any atom is 0.488 e. The van der Waals surface area contributed by atoms with Gasteiger partial charge in [0.15, 0.2) is 11.5 Å². The van der Waals surface area contributed by atoms with Gasteiger partial charge in [-0.25, -0.2) is 0 Å². The Labute approximate surface area is 141 Å². The third-order valence-corrected chi connectivity index (χ3v) is 3.78. The zero-order valence-corrected chi connectivity index (χ0v) is 14.6. The Hall–Kier alpha value is -1.20. The number of hydrogen-bond acceptors (Lipinski definition) is 4. The molecule has 2 N–H and O–H groups in total. The summed E-state index contributed by atoms with van der Waals surface area (Å²) >= 11 is 0. The normalized spacial score (nSPS) is 10.6. The molecule has 0 aliphatic carbocycles. The van der Waals surface area contributed by atoms with Gasteiger partial charge in [0.2, 0.25) is 0 Å². The number of rotatable bonds is 13. The van der Waals surface area contributed by atoms with Gasteiger partial charge in [0.25, 0.3) is 0 Å². The molecule has 0 fully saturated rings. The standard InChI is InChI=1S/C18H31BO4/c1-3-5-7-9-13-22-17-12-11-16(19(20)21)15-18(17)23-14-10-8-6-4-2/h11-12,15,20-21H,3-10,13-14H2,1-2H3. The molecule has 0 aromatic heterocycles. The molecule has 0 aliphatic rings. The van der Waals surface area contributed by atoms with Crippen LogP contribution in [0.15, 0.2) is 18.2 Å². The first-order chi connectivity index (χ1) is 11.2. The van der Waals surface area contributed by atoms with E-state index in [4.69, 9.17) is 9.47 Å². The molecule has 1 aromatic carbocycles. The smallest absolute Gasteiger partial charge is 0.488 e. The van der Waals surface area contributed by atoms with Gasteiger partial charge in [0.05, 0.1) is 13.2 Å². The van der Waals surface area contributed by atoms with Crippen LogP contribution in [0.4, 0.5) is 0 Å². The van der Waals surface area contributed by atoms with Crippen LogP contribution < -0.4 is 14.9 Å². The van der Waals surface area contributed by atoms with Crippen LogP contribution in [0.2, 0.25) is 0 Å². The minimum Gasteiger partial charge on any atom is -0.490 e. The highest BCUT2D eigenvalue weighted by Gasteiger charge is 2.15. The van der Waals surface area contributed by atoms with Gasteiger partial charge in [-0.1, -0.05) is 58.4 Å². The molecule has 0 saturated carbocycles. The summed E-state index contributed by atoms with van der Waals surface area (Å²) in [6, 6.07) is 5.08. The largest absolute Gasteiger partial charge is 0.490 e. The molecule has 0 atom stereocenters. The van der Waals surface area contributed by atoms with Gasteiger partial charge >= 0.3 is 7.12 Å². The molecule has 0 spiro atoms. The van der Waals surface area contributed by atoms with Crippen LogP contribution in [0.3, 0.4) is 0 Å². The third-order valence-electron chi connectivity index (χ3n) is 3.78. The predicted molar refractivity (Wildman–Crippen MR) is 95.5 cm³/mol. The lowest BCUT2D eigenvalue weighted by Gasteiger charge is -2.14. The van der Waals surface area contributed by atoms with Crippen molar-refractivity contribution in [1.29, 1.82) is 0 Å². The number of unbranched alkanes of at least 4 members (excludes halogenated alkanes) is 6. The zero-order chi connectivity index (χ0) is 16.9. The second-order valence-corrected chi connectivity index (χ2v) is 5.90. The van der Waals surface area contributed by atoms with Gasteiger partial charge in [-0.2, -0.15) is 0 Å². The maximum atomic E-state index is 9.31. The monoisotopic (exact) mass is 322 g/mol. The van der Waals surface area contributed by atoms with Crippen LogP contribution in [0.5, 0.6) is 11.5 Å². The molecule has 4 nitrogen and oxygen atoms in total. The van der Waals surface area contributed by atoms with Gasteiger partial charge < -0.3 is 19.5 Å². The molecule has 0 saturated heterocycles. The SMILES string of the molecule is CCCCCCOc1ccc(B(O)O)cc1OCCCCCC. The molecule has 1 rings (SSSR count). The van der Waals surface area contributed by atoms with Crippen molar-refractivity contribution in [3.8, 4) is 11.5 Å². The maximum absolute atomic E-state index is 9.31. The van der Waals surface area contributed by atoms with Crippen LogP contribution >= 0.6 is 0 Å². The van der Waals surface area contributed by atoms with E-state index in [1.165, 1.54) is 25.7 Å². The summed E-state index contributed by atoms with van der Waals surface area (Å²) in [6.45, 7) is 5.64. The lowest BCUT2D eigenvalue weighted by atomic mass is 9.80. The Bertz CT molecular complexity index is 423. The molecule has 1 aromatic rings. The van der Waals surface area contributed by atoms with E-state index in [1.807, 2.05) is 0 Å². The van der Waals surface area contributed by atoms with Crippen LogP contribution in [0.25, 0.3) is 0 Å². The number of benzene rings is 1. The first kappa shape index (κ1) is 19.9. The quantitative estimate of drug-likeness (QED) is 0.432. The van der Waals surface area contributed by atoms with Crippen molar-refractivity contribution in [2.24, 2.45) is 0 Å². The van der Waals surface area contributed by atoms with Crippen molar-refractivity contribution in [3.63, 3.8) is 0 Å². The van der Waals surface area contributed by atoms with Gasteiger partial charge in [0.1, 0.15) is 0 Å². The Balaban J connectivity index is 2.55. The summed E-state index contributed by atoms with van der Waals surface area (Å²) in [5.74, 6) is 1.28. The fourth-order valence-electron chi connectivity index (χ4n) is 2.34. The van der Waals surface area contributed by atoms with E-state index in [1.54, 1.807) is 18.2 Å². The molecular formula is C18H31BO4. The Morgan fingerprint density at radius 3 is 1.87 bits per heavy atom. The number of ether oxygens (including phenoxy) is 2.